The highest BCUT2D eigenvalue weighted by atomic mass is 16.2. The highest BCUT2D eigenvalue weighted by Gasteiger charge is 2.43. The average Bonchev–Trinajstić information content (AvgIpc) is 2.88. The van der Waals surface area contributed by atoms with E-state index in [0.717, 1.165) is 18.9 Å². The molecule has 96 valence electrons. The average molecular weight is 236 g/mol. The summed E-state index contributed by atoms with van der Waals surface area (Å²) in [4.78, 5) is 14.5. The van der Waals surface area contributed by atoms with Crippen LogP contribution in [0, 0.1) is 11.8 Å². The number of rotatable bonds is 4. The summed E-state index contributed by atoms with van der Waals surface area (Å²) in [7, 11) is 0. The third-order valence-corrected chi connectivity index (χ3v) is 4.70. The normalized spacial score (nSPS) is 34.9. The largest absolute Gasteiger partial charge is 0.325 e. The summed E-state index contributed by atoms with van der Waals surface area (Å²) < 4.78 is 0. The molecule has 0 aromatic heterocycles. The lowest BCUT2D eigenvalue weighted by atomic mass is 10.0. The molecule has 0 bridgehead atoms. The zero-order chi connectivity index (χ0) is 11.8. The van der Waals surface area contributed by atoms with Crippen molar-refractivity contribution in [3.63, 3.8) is 0 Å². The Morgan fingerprint density at radius 3 is 2.53 bits per heavy atom. The van der Waals surface area contributed by atoms with E-state index in [4.69, 9.17) is 0 Å². The fourth-order valence-electron chi connectivity index (χ4n) is 3.44. The molecule has 2 atom stereocenters. The SMILES string of the molecule is CCC1NC(C2CCCC2)N(CC2CC2)C1=O. The molecule has 3 heteroatoms. The Labute approximate surface area is 104 Å². The second-order valence-electron chi connectivity index (χ2n) is 6.05. The van der Waals surface area contributed by atoms with Crippen molar-refractivity contribution in [1.29, 1.82) is 0 Å². The molecule has 17 heavy (non-hydrogen) atoms. The van der Waals surface area contributed by atoms with E-state index in [0.29, 0.717) is 18.0 Å². The highest BCUT2D eigenvalue weighted by Crippen LogP contribution is 2.36. The standard InChI is InChI=1S/C14H24N2O/c1-2-12-14(17)16(9-10-7-8-10)13(15-12)11-5-3-4-6-11/h10-13,15H,2-9H2,1H3. The smallest absolute Gasteiger partial charge is 0.241 e. The second kappa shape index (κ2) is 4.60. The fourth-order valence-corrected chi connectivity index (χ4v) is 3.44. The van der Waals surface area contributed by atoms with Crippen molar-refractivity contribution in [3.05, 3.63) is 0 Å². The third kappa shape index (κ3) is 2.22. The number of amides is 1. The molecule has 3 nitrogen and oxygen atoms in total. The Hall–Kier alpha value is -0.570. The van der Waals surface area contributed by atoms with Crippen LogP contribution in [0.3, 0.4) is 0 Å². The number of carbonyl (C=O) groups is 1. The van der Waals surface area contributed by atoms with Crippen molar-refractivity contribution in [2.75, 3.05) is 6.54 Å². The number of carbonyl (C=O) groups excluding carboxylic acids is 1. The van der Waals surface area contributed by atoms with Crippen molar-refractivity contribution >= 4 is 5.91 Å². The molecule has 3 aliphatic rings. The molecule has 2 unspecified atom stereocenters. The Bertz CT molecular complexity index is 295. The molecule has 3 fully saturated rings. The first-order valence-electron chi connectivity index (χ1n) is 7.36. The first kappa shape index (κ1) is 11.5. The lowest BCUT2D eigenvalue weighted by Gasteiger charge is -2.29. The lowest BCUT2D eigenvalue weighted by Crippen LogP contribution is -2.43. The van der Waals surface area contributed by atoms with Gasteiger partial charge in [0.2, 0.25) is 5.91 Å². The molecule has 1 heterocycles. The van der Waals surface area contributed by atoms with Crippen molar-refractivity contribution in [2.24, 2.45) is 11.8 Å². The Kier molecular flexibility index (Phi) is 3.12. The van der Waals surface area contributed by atoms with Gasteiger partial charge < -0.3 is 4.90 Å². The molecular formula is C14H24N2O. The van der Waals surface area contributed by atoms with Crippen LogP contribution in [0.5, 0.6) is 0 Å². The van der Waals surface area contributed by atoms with E-state index in [2.05, 4.69) is 17.1 Å². The zero-order valence-corrected chi connectivity index (χ0v) is 10.8. The molecule has 0 aromatic carbocycles. The lowest BCUT2D eigenvalue weighted by molar-refractivity contribution is -0.130. The van der Waals surface area contributed by atoms with Gasteiger partial charge in [0.25, 0.3) is 0 Å². The number of hydrogen-bond donors (Lipinski definition) is 1. The molecule has 0 radical (unpaired) electrons. The van der Waals surface area contributed by atoms with Gasteiger partial charge in [-0.05, 0) is 43.9 Å². The van der Waals surface area contributed by atoms with Gasteiger partial charge >= 0.3 is 0 Å². The number of nitrogens with zero attached hydrogens (tertiary/aromatic N) is 1. The Balaban J connectivity index is 1.71. The molecule has 3 rings (SSSR count). The van der Waals surface area contributed by atoms with Crippen molar-refractivity contribution in [3.8, 4) is 0 Å². The van der Waals surface area contributed by atoms with E-state index >= 15 is 0 Å². The topological polar surface area (TPSA) is 32.3 Å². The van der Waals surface area contributed by atoms with Gasteiger partial charge in [0.05, 0.1) is 12.2 Å². The van der Waals surface area contributed by atoms with E-state index in [1.165, 1.54) is 38.5 Å². The highest BCUT2D eigenvalue weighted by molar-refractivity contribution is 5.84. The van der Waals surface area contributed by atoms with E-state index < -0.39 is 0 Å². The minimum atomic E-state index is 0.0966. The van der Waals surface area contributed by atoms with E-state index in [1.807, 2.05) is 0 Å². The van der Waals surface area contributed by atoms with Gasteiger partial charge in [-0.1, -0.05) is 19.8 Å². The summed E-state index contributed by atoms with van der Waals surface area (Å²) in [6, 6.07) is 0.0966. The Morgan fingerprint density at radius 2 is 1.94 bits per heavy atom. The fraction of sp³-hybridized carbons (Fsp3) is 0.929. The van der Waals surface area contributed by atoms with E-state index in [-0.39, 0.29) is 6.04 Å². The van der Waals surface area contributed by atoms with Gasteiger partial charge in [0, 0.05) is 6.54 Å². The van der Waals surface area contributed by atoms with Crippen LogP contribution < -0.4 is 5.32 Å². The molecule has 2 aliphatic carbocycles. The van der Waals surface area contributed by atoms with Crippen LogP contribution in [0.25, 0.3) is 0 Å². The Morgan fingerprint density at radius 1 is 1.24 bits per heavy atom. The van der Waals surface area contributed by atoms with Gasteiger partial charge in [-0.3, -0.25) is 10.1 Å². The van der Waals surface area contributed by atoms with Gasteiger partial charge in [-0.25, -0.2) is 0 Å². The number of nitrogens with one attached hydrogen (secondary N) is 1. The summed E-state index contributed by atoms with van der Waals surface area (Å²) in [6.45, 7) is 3.13. The molecule has 0 aromatic rings. The van der Waals surface area contributed by atoms with Crippen LogP contribution in [-0.4, -0.2) is 29.6 Å². The third-order valence-electron chi connectivity index (χ3n) is 4.70. The van der Waals surface area contributed by atoms with Gasteiger partial charge in [-0.15, -0.1) is 0 Å². The van der Waals surface area contributed by atoms with Gasteiger partial charge in [0.1, 0.15) is 0 Å². The molecule has 1 aliphatic heterocycles. The second-order valence-corrected chi connectivity index (χ2v) is 6.05. The van der Waals surface area contributed by atoms with Crippen LogP contribution >= 0.6 is 0 Å². The molecule has 0 spiro atoms. The maximum Gasteiger partial charge on any atom is 0.241 e. The summed E-state index contributed by atoms with van der Waals surface area (Å²) >= 11 is 0. The first-order chi connectivity index (χ1) is 8.29. The molecule has 2 saturated carbocycles. The van der Waals surface area contributed by atoms with Crippen LogP contribution in [0.1, 0.15) is 51.9 Å². The van der Waals surface area contributed by atoms with Gasteiger partial charge in [0.15, 0.2) is 0 Å². The predicted molar refractivity (Wildman–Crippen MR) is 67.4 cm³/mol. The van der Waals surface area contributed by atoms with Crippen LogP contribution in [-0.2, 0) is 4.79 Å². The van der Waals surface area contributed by atoms with Crippen molar-refractivity contribution in [1.82, 2.24) is 10.2 Å². The monoisotopic (exact) mass is 236 g/mol. The molecule has 1 amide bonds. The summed E-state index contributed by atoms with van der Waals surface area (Å²) in [5.41, 5.74) is 0. The molecule has 1 saturated heterocycles. The minimum absolute atomic E-state index is 0.0966. The first-order valence-corrected chi connectivity index (χ1v) is 7.36. The van der Waals surface area contributed by atoms with Crippen LogP contribution in [0.4, 0.5) is 0 Å². The molecular weight excluding hydrogens is 212 g/mol. The van der Waals surface area contributed by atoms with Crippen LogP contribution in [0.2, 0.25) is 0 Å². The van der Waals surface area contributed by atoms with Crippen molar-refractivity contribution < 1.29 is 4.79 Å². The quantitative estimate of drug-likeness (QED) is 0.811. The zero-order valence-electron chi connectivity index (χ0n) is 10.8. The molecule has 1 N–H and O–H groups in total. The van der Waals surface area contributed by atoms with Gasteiger partial charge in [-0.2, -0.15) is 0 Å². The van der Waals surface area contributed by atoms with E-state index in [1.54, 1.807) is 0 Å². The summed E-state index contributed by atoms with van der Waals surface area (Å²) in [6.07, 6.45) is 9.27. The van der Waals surface area contributed by atoms with Crippen LogP contribution in [0.15, 0.2) is 0 Å². The summed E-state index contributed by atoms with van der Waals surface area (Å²) in [5.74, 6) is 1.89. The summed E-state index contributed by atoms with van der Waals surface area (Å²) in [5, 5.41) is 3.59. The predicted octanol–water partition coefficient (Wildman–Crippen LogP) is 2.12. The maximum absolute atomic E-state index is 12.3. The number of hydrogen-bond acceptors (Lipinski definition) is 2. The van der Waals surface area contributed by atoms with E-state index in [9.17, 15) is 4.79 Å². The maximum atomic E-state index is 12.3. The minimum Gasteiger partial charge on any atom is -0.325 e. The van der Waals surface area contributed by atoms with Crippen molar-refractivity contribution in [2.45, 2.75) is 64.1 Å².